The van der Waals surface area contributed by atoms with E-state index in [0.717, 1.165) is 95.8 Å². The number of benzene rings is 1. The van der Waals surface area contributed by atoms with Gasteiger partial charge in [-0.2, -0.15) is 0 Å². The molecule has 48 heavy (non-hydrogen) atoms. The van der Waals surface area contributed by atoms with Crippen LogP contribution in [-0.2, 0) is 33.6 Å². The molecule has 1 atom stereocenters. The minimum absolute atomic E-state index is 0.00489. The molecule has 2 amide bonds. The number of carbonyl (C=O) groups is 3. The fourth-order valence-electron chi connectivity index (χ4n) is 6.70. The molecule has 2 aromatic rings. The number of rotatable bonds is 26. The van der Waals surface area contributed by atoms with Crippen LogP contribution in [0.25, 0.3) is 0 Å². The summed E-state index contributed by atoms with van der Waals surface area (Å²) >= 11 is 1.84. The molecule has 3 rings (SSSR count). The molecule has 0 fully saturated rings. The Morgan fingerprint density at radius 2 is 1.46 bits per heavy atom. The van der Waals surface area contributed by atoms with Crippen molar-refractivity contribution >= 4 is 29.1 Å². The van der Waals surface area contributed by atoms with Crippen molar-refractivity contribution in [3.05, 3.63) is 51.7 Å². The van der Waals surface area contributed by atoms with Gasteiger partial charge in [0.15, 0.2) is 0 Å². The van der Waals surface area contributed by atoms with E-state index < -0.39 is 0 Å². The van der Waals surface area contributed by atoms with Crippen LogP contribution in [0.2, 0.25) is 0 Å². The van der Waals surface area contributed by atoms with E-state index in [1.807, 2.05) is 23.5 Å². The Balaban J connectivity index is 1.21. The molecule has 0 saturated carbocycles. The minimum Gasteiger partial charge on any atom is -0.426 e. The molecular weight excluding hydrogens is 619 g/mol. The van der Waals surface area contributed by atoms with Crippen molar-refractivity contribution in [1.82, 2.24) is 15.5 Å². The molecule has 1 aromatic heterocycles. The molecule has 1 heterocycles. The van der Waals surface area contributed by atoms with Crippen LogP contribution in [0.5, 0.6) is 5.75 Å². The molecule has 268 valence electrons. The number of carbonyl (C=O) groups excluding carboxylic acids is 3. The van der Waals surface area contributed by atoms with Gasteiger partial charge in [0.05, 0.1) is 6.42 Å². The van der Waals surface area contributed by atoms with E-state index in [-0.39, 0.29) is 24.2 Å². The van der Waals surface area contributed by atoms with Gasteiger partial charge >= 0.3 is 5.97 Å². The zero-order chi connectivity index (χ0) is 34.2. The van der Waals surface area contributed by atoms with Gasteiger partial charge in [-0.1, -0.05) is 89.8 Å². The van der Waals surface area contributed by atoms with Crippen molar-refractivity contribution in [2.45, 2.75) is 148 Å². The molecule has 7 nitrogen and oxygen atoms in total. The summed E-state index contributed by atoms with van der Waals surface area (Å²) in [6.07, 6.45) is 19.9. The Bertz CT molecular complexity index is 1190. The third-order valence-electron chi connectivity index (χ3n) is 9.45. The number of fused-ring (bicyclic) bond motifs is 1. The van der Waals surface area contributed by atoms with Gasteiger partial charge in [0, 0.05) is 43.4 Å². The van der Waals surface area contributed by atoms with Crippen molar-refractivity contribution in [2.75, 3.05) is 26.2 Å². The van der Waals surface area contributed by atoms with E-state index in [9.17, 15) is 14.4 Å². The second kappa shape index (κ2) is 24.4. The Morgan fingerprint density at radius 1 is 0.771 bits per heavy atom. The van der Waals surface area contributed by atoms with E-state index in [0.29, 0.717) is 31.2 Å². The summed E-state index contributed by atoms with van der Waals surface area (Å²) in [6, 6.07) is 11.0. The van der Waals surface area contributed by atoms with Gasteiger partial charge in [-0.05, 0) is 86.6 Å². The van der Waals surface area contributed by atoms with E-state index in [2.05, 4.69) is 53.0 Å². The first-order valence-corrected chi connectivity index (χ1v) is 20.0. The first kappa shape index (κ1) is 39.7. The van der Waals surface area contributed by atoms with Crippen molar-refractivity contribution in [1.29, 1.82) is 0 Å². The summed E-state index contributed by atoms with van der Waals surface area (Å²) in [4.78, 5) is 40.9. The number of nitrogens with one attached hydrogen (secondary N) is 2. The molecule has 0 saturated heterocycles. The summed E-state index contributed by atoms with van der Waals surface area (Å²) in [7, 11) is 0. The highest BCUT2D eigenvalue weighted by atomic mass is 32.1. The lowest BCUT2D eigenvalue weighted by Crippen LogP contribution is -2.41. The Labute approximate surface area is 295 Å². The topological polar surface area (TPSA) is 87.7 Å². The van der Waals surface area contributed by atoms with E-state index in [1.165, 1.54) is 49.0 Å². The molecular formula is C40H63N3O4S. The predicted octanol–water partition coefficient (Wildman–Crippen LogP) is 8.57. The summed E-state index contributed by atoms with van der Waals surface area (Å²) in [5.74, 6) is 0.587. The largest absolute Gasteiger partial charge is 0.426 e. The highest BCUT2D eigenvalue weighted by Gasteiger charge is 2.26. The molecule has 0 bridgehead atoms. The predicted molar refractivity (Wildman–Crippen MR) is 199 cm³/mol. The molecule has 0 radical (unpaired) electrons. The van der Waals surface area contributed by atoms with E-state index in [1.54, 1.807) is 0 Å². The Hall–Kier alpha value is -2.71. The van der Waals surface area contributed by atoms with Crippen LogP contribution in [0.4, 0.5) is 0 Å². The van der Waals surface area contributed by atoms with E-state index >= 15 is 0 Å². The standard InChI is InChI=1S/C40H63N3O4S/c1-3-5-6-15-27-41-38(44)21-13-11-9-7-8-10-12-14-22-39(45)42-28-25-40(46)47-37-20-16-18-33-32-34(23-24-36(33)37)43(29-4-2)30-26-35-19-17-31-48-35/h16-20,31,34H,3-15,21-30,32H2,1-2H3,(H,41,44)(H,42,45)/t34-/m1/s1. The van der Waals surface area contributed by atoms with E-state index in [4.69, 9.17) is 4.74 Å². The number of thiophene rings is 1. The van der Waals surface area contributed by atoms with Crippen LogP contribution in [0.3, 0.4) is 0 Å². The van der Waals surface area contributed by atoms with Crippen molar-refractivity contribution in [3.63, 3.8) is 0 Å². The third kappa shape index (κ3) is 16.1. The number of esters is 1. The number of hydrogen-bond acceptors (Lipinski definition) is 6. The molecule has 0 spiro atoms. The fraction of sp³-hybridized carbons (Fsp3) is 0.675. The second-order valence-corrected chi connectivity index (χ2v) is 14.5. The Kier molecular flexibility index (Phi) is 20.2. The SMILES string of the molecule is CCCCCCNC(=O)CCCCCCCCCCC(=O)NCCC(=O)Oc1cccc2c1CC[C@@H](N(CCC)CCc1cccs1)C2. The summed E-state index contributed by atoms with van der Waals surface area (Å²) in [5.41, 5.74) is 2.45. The molecule has 1 aromatic carbocycles. The van der Waals surface area contributed by atoms with Gasteiger partial charge in [-0.15, -0.1) is 11.3 Å². The van der Waals surface area contributed by atoms with Gasteiger partial charge < -0.3 is 15.4 Å². The second-order valence-electron chi connectivity index (χ2n) is 13.5. The quantitative estimate of drug-likeness (QED) is 0.0590. The van der Waals surface area contributed by atoms with Crippen LogP contribution >= 0.6 is 11.3 Å². The number of nitrogens with zero attached hydrogens (tertiary/aromatic N) is 1. The molecule has 8 heteroatoms. The van der Waals surface area contributed by atoms with Crippen molar-refractivity contribution in [3.8, 4) is 5.75 Å². The van der Waals surface area contributed by atoms with Crippen molar-refractivity contribution in [2.24, 2.45) is 0 Å². The summed E-state index contributed by atoms with van der Waals surface area (Å²) in [5, 5.41) is 8.08. The van der Waals surface area contributed by atoms with Gasteiger partial charge in [-0.3, -0.25) is 19.3 Å². The lowest BCUT2D eigenvalue weighted by atomic mass is 9.86. The lowest BCUT2D eigenvalue weighted by molar-refractivity contribution is -0.134. The normalized spacial score (nSPS) is 14.1. The van der Waals surface area contributed by atoms with Gasteiger partial charge in [0.1, 0.15) is 5.75 Å². The Morgan fingerprint density at radius 3 is 2.12 bits per heavy atom. The zero-order valence-electron chi connectivity index (χ0n) is 30.0. The van der Waals surface area contributed by atoms with Crippen LogP contribution < -0.4 is 15.4 Å². The highest BCUT2D eigenvalue weighted by Crippen LogP contribution is 2.32. The van der Waals surface area contributed by atoms with Gasteiger partial charge in [0.2, 0.25) is 11.8 Å². The maximum Gasteiger partial charge on any atom is 0.312 e. The average molecular weight is 682 g/mol. The summed E-state index contributed by atoms with van der Waals surface area (Å²) < 4.78 is 5.81. The third-order valence-corrected chi connectivity index (χ3v) is 10.4. The summed E-state index contributed by atoms with van der Waals surface area (Å²) in [6.45, 7) is 7.76. The van der Waals surface area contributed by atoms with Gasteiger partial charge in [0.25, 0.3) is 0 Å². The van der Waals surface area contributed by atoms with Crippen LogP contribution in [0, 0.1) is 0 Å². The number of hydrogen-bond donors (Lipinski definition) is 2. The highest BCUT2D eigenvalue weighted by molar-refractivity contribution is 7.09. The molecule has 0 aliphatic heterocycles. The van der Waals surface area contributed by atoms with Crippen LogP contribution in [-0.4, -0.2) is 54.9 Å². The van der Waals surface area contributed by atoms with Crippen LogP contribution in [0.1, 0.15) is 139 Å². The van der Waals surface area contributed by atoms with Crippen molar-refractivity contribution < 1.29 is 19.1 Å². The smallest absolute Gasteiger partial charge is 0.312 e. The molecule has 1 aliphatic carbocycles. The lowest BCUT2D eigenvalue weighted by Gasteiger charge is -2.35. The fourth-order valence-corrected chi connectivity index (χ4v) is 7.40. The first-order chi connectivity index (χ1) is 23.5. The minimum atomic E-state index is -0.294. The average Bonchev–Trinajstić information content (AvgIpc) is 3.61. The molecule has 1 aliphatic rings. The molecule has 2 N–H and O–H groups in total. The number of amides is 2. The number of ether oxygens (including phenoxy) is 1. The zero-order valence-corrected chi connectivity index (χ0v) is 30.8. The molecule has 0 unspecified atom stereocenters. The first-order valence-electron chi connectivity index (χ1n) is 19.1. The van der Waals surface area contributed by atoms with Crippen LogP contribution in [0.15, 0.2) is 35.7 Å². The van der Waals surface area contributed by atoms with Gasteiger partial charge in [-0.25, -0.2) is 0 Å². The maximum absolute atomic E-state index is 12.7. The monoisotopic (exact) mass is 681 g/mol. The maximum atomic E-state index is 12.7. The number of unbranched alkanes of at least 4 members (excludes halogenated alkanes) is 10.